The van der Waals surface area contributed by atoms with Crippen molar-refractivity contribution in [1.29, 1.82) is 0 Å². The lowest BCUT2D eigenvalue weighted by Crippen LogP contribution is -2.31. The largest absolute Gasteiger partial charge is 0.370 e. The van der Waals surface area contributed by atoms with Gasteiger partial charge in [-0.2, -0.15) is 0 Å². The smallest absolute Gasteiger partial charge is 0.293 e. The van der Waals surface area contributed by atoms with Gasteiger partial charge in [-0.05, 0) is 42.8 Å². The lowest BCUT2D eigenvalue weighted by molar-refractivity contribution is -0.384. The first-order valence-corrected chi connectivity index (χ1v) is 10.00. The first-order chi connectivity index (χ1) is 14.9. The summed E-state index contributed by atoms with van der Waals surface area (Å²) in [6.07, 6.45) is 3.96. The quantitative estimate of drug-likeness (QED) is 0.355. The summed E-state index contributed by atoms with van der Waals surface area (Å²) < 4.78 is 14.8. The second-order valence-corrected chi connectivity index (χ2v) is 7.46. The fraction of sp³-hybridized carbons (Fsp3) is 0.273. The van der Waals surface area contributed by atoms with Crippen LogP contribution in [0.4, 0.5) is 21.5 Å². The van der Waals surface area contributed by atoms with Gasteiger partial charge in [0.15, 0.2) is 5.82 Å². The maximum atomic E-state index is 13.2. The van der Waals surface area contributed by atoms with Crippen LogP contribution in [0.5, 0.6) is 0 Å². The Morgan fingerprint density at radius 2 is 1.77 bits per heavy atom. The molecule has 9 heteroatoms. The maximum absolute atomic E-state index is 13.2. The molecule has 31 heavy (non-hydrogen) atoms. The zero-order valence-corrected chi connectivity index (χ0v) is 17.1. The summed E-state index contributed by atoms with van der Waals surface area (Å²) in [6.45, 7) is 2.64. The number of carbonyl (C=O) groups is 1. The predicted molar refractivity (Wildman–Crippen MR) is 115 cm³/mol. The highest BCUT2D eigenvalue weighted by Gasteiger charge is 2.25. The average molecular weight is 423 g/mol. The maximum Gasteiger partial charge on any atom is 0.293 e. The minimum Gasteiger partial charge on any atom is -0.370 e. The van der Waals surface area contributed by atoms with E-state index in [0.29, 0.717) is 25.3 Å². The number of aromatic nitrogens is 2. The van der Waals surface area contributed by atoms with Crippen LogP contribution in [0.3, 0.4) is 0 Å². The van der Waals surface area contributed by atoms with E-state index < -0.39 is 4.92 Å². The Hall–Kier alpha value is -3.75. The molecule has 0 unspecified atom stereocenters. The molecule has 1 saturated heterocycles. The summed E-state index contributed by atoms with van der Waals surface area (Å²) >= 11 is 0. The van der Waals surface area contributed by atoms with E-state index in [0.717, 1.165) is 18.7 Å². The van der Waals surface area contributed by atoms with E-state index in [1.807, 2.05) is 4.90 Å². The number of carbonyl (C=O) groups excluding carboxylic acids is 1. The first-order valence-electron chi connectivity index (χ1n) is 10.00. The van der Waals surface area contributed by atoms with E-state index in [9.17, 15) is 19.3 Å². The summed E-state index contributed by atoms with van der Waals surface area (Å²) in [4.78, 5) is 32.2. The molecule has 1 aromatic heterocycles. The van der Waals surface area contributed by atoms with Gasteiger partial charge in [0.05, 0.1) is 4.92 Å². The molecule has 1 aliphatic heterocycles. The molecule has 1 aliphatic rings. The van der Waals surface area contributed by atoms with Crippen LogP contribution in [0, 0.1) is 15.9 Å². The third-order valence-corrected chi connectivity index (χ3v) is 5.49. The molecule has 160 valence electrons. The molecule has 0 amide bonds. The number of benzene rings is 2. The summed E-state index contributed by atoms with van der Waals surface area (Å²) in [5.41, 5.74) is 1.54. The molecule has 0 atom stereocenters. The Kier molecular flexibility index (Phi) is 5.66. The van der Waals surface area contributed by atoms with Crippen molar-refractivity contribution in [3.8, 4) is 0 Å². The zero-order chi connectivity index (χ0) is 22.0. The lowest BCUT2D eigenvalue weighted by Gasteiger charge is -2.24. The second-order valence-electron chi connectivity index (χ2n) is 7.46. The van der Waals surface area contributed by atoms with Crippen LogP contribution < -0.4 is 9.80 Å². The van der Waals surface area contributed by atoms with Crippen molar-refractivity contribution < 1.29 is 14.1 Å². The number of anilines is 2. The zero-order valence-electron chi connectivity index (χ0n) is 17.1. The van der Waals surface area contributed by atoms with Gasteiger partial charge in [0.2, 0.25) is 5.78 Å². The number of nitro groups is 1. The van der Waals surface area contributed by atoms with E-state index in [-0.39, 0.29) is 28.7 Å². The summed E-state index contributed by atoms with van der Waals surface area (Å²) in [7, 11) is 1.70. The standard InChI is InChI=1S/C22H22FN5O3/c1-25-12-9-24-22(25)21(29)16-3-8-19(20(15-16)28(30)31)27-11-2-10-26(13-14-27)18-6-4-17(23)5-7-18/h3-9,12,15H,2,10-11,13-14H2,1H3. The molecule has 1 fully saturated rings. The van der Waals surface area contributed by atoms with E-state index in [4.69, 9.17) is 0 Å². The van der Waals surface area contributed by atoms with Gasteiger partial charge in [-0.25, -0.2) is 9.37 Å². The highest BCUT2D eigenvalue weighted by molar-refractivity contribution is 6.07. The topological polar surface area (TPSA) is 84.5 Å². The number of imidazole rings is 1. The Morgan fingerprint density at radius 3 is 2.45 bits per heavy atom. The molecule has 0 aliphatic carbocycles. The molecular weight excluding hydrogens is 401 g/mol. The van der Waals surface area contributed by atoms with Gasteiger partial charge in [-0.1, -0.05) is 0 Å². The minimum absolute atomic E-state index is 0.102. The third-order valence-electron chi connectivity index (χ3n) is 5.49. The molecule has 0 bridgehead atoms. The lowest BCUT2D eigenvalue weighted by atomic mass is 10.1. The van der Waals surface area contributed by atoms with Gasteiger partial charge in [-0.15, -0.1) is 0 Å². The summed E-state index contributed by atoms with van der Waals surface area (Å²) in [5, 5.41) is 11.8. The number of rotatable bonds is 5. The van der Waals surface area contributed by atoms with Gasteiger partial charge in [0.1, 0.15) is 11.5 Å². The van der Waals surface area contributed by atoms with Crippen LogP contribution in [0.1, 0.15) is 22.6 Å². The number of aryl methyl sites for hydroxylation is 1. The number of nitro benzene ring substituents is 1. The summed E-state index contributed by atoms with van der Waals surface area (Å²) in [5.74, 6) is -0.414. The molecule has 2 heterocycles. The van der Waals surface area contributed by atoms with E-state index >= 15 is 0 Å². The Balaban J connectivity index is 1.57. The Labute approximate surface area is 178 Å². The molecule has 8 nitrogen and oxygen atoms in total. The van der Waals surface area contributed by atoms with E-state index in [1.165, 1.54) is 24.4 Å². The number of hydrogen-bond donors (Lipinski definition) is 0. The van der Waals surface area contributed by atoms with Gasteiger partial charge in [0.25, 0.3) is 5.69 Å². The minimum atomic E-state index is -0.451. The predicted octanol–water partition coefficient (Wildman–Crippen LogP) is 3.42. The van der Waals surface area contributed by atoms with Gasteiger partial charge in [0, 0.05) is 62.9 Å². The van der Waals surface area contributed by atoms with Crippen LogP contribution in [0.2, 0.25) is 0 Å². The number of nitrogens with zero attached hydrogens (tertiary/aromatic N) is 5. The van der Waals surface area contributed by atoms with Gasteiger partial charge in [-0.3, -0.25) is 14.9 Å². The third kappa shape index (κ3) is 4.25. The Morgan fingerprint density at radius 1 is 1.06 bits per heavy atom. The van der Waals surface area contributed by atoms with Gasteiger partial charge >= 0.3 is 0 Å². The van der Waals surface area contributed by atoms with Gasteiger partial charge < -0.3 is 14.4 Å². The van der Waals surface area contributed by atoms with Crippen LogP contribution in [0.25, 0.3) is 0 Å². The van der Waals surface area contributed by atoms with Crippen molar-refractivity contribution in [2.75, 3.05) is 36.0 Å². The van der Waals surface area contributed by atoms with Crippen LogP contribution >= 0.6 is 0 Å². The van der Waals surface area contributed by atoms with Crippen molar-refractivity contribution in [3.05, 3.63) is 82.2 Å². The van der Waals surface area contributed by atoms with E-state index in [2.05, 4.69) is 9.88 Å². The molecule has 0 N–H and O–H groups in total. The Bertz CT molecular complexity index is 1110. The molecule has 4 rings (SSSR count). The molecule has 0 spiro atoms. The SMILES string of the molecule is Cn1ccnc1C(=O)c1ccc(N2CCCN(c3ccc(F)cc3)CC2)c([N+](=O)[O-])c1. The molecule has 0 saturated carbocycles. The molecule has 3 aromatic rings. The number of ketones is 1. The second kappa shape index (κ2) is 8.55. The van der Waals surface area contributed by atoms with Crippen molar-refractivity contribution in [1.82, 2.24) is 9.55 Å². The van der Waals surface area contributed by atoms with Crippen molar-refractivity contribution in [3.63, 3.8) is 0 Å². The fourth-order valence-corrected chi connectivity index (χ4v) is 3.86. The van der Waals surface area contributed by atoms with Crippen molar-refractivity contribution in [2.45, 2.75) is 6.42 Å². The molecule has 2 aromatic carbocycles. The van der Waals surface area contributed by atoms with Crippen molar-refractivity contribution >= 4 is 22.8 Å². The van der Waals surface area contributed by atoms with Crippen LogP contribution in [-0.4, -0.2) is 46.4 Å². The van der Waals surface area contributed by atoms with Crippen LogP contribution in [-0.2, 0) is 7.05 Å². The monoisotopic (exact) mass is 423 g/mol. The van der Waals surface area contributed by atoms with E-state index in [1.54, 1.807) is 42.1 Å². The average Bonchev–Trinajstić information content (AvgIpc) is 3.05. The van der Waals surface area contributed by atoms with Crippen LogP contribution in [0.15, 0.2) is 54.9 Å². The number of hydrogen-bond acceptors (Lipinski definition) is 6. The number of halogens is 1. The van der Waals surface area contributed by atoms with Crippen molar-refractivity contribution in [2.24, 2.45) is 7.05 Å². The normalized spacial score (nSPS) is 14.4. The first kappa shape index (κ1) is 20.5. The fourth-order valence-electron chi connectivity index (χ4n) is 3.86. The molecular formula is C22H22FN5O3. The highest BCUT2D eigenvalue weighted by Crippen LogP contribution is 2.31. The highest BCUT2D eigenvalue weighted by atomic mass is 19.1. The summed E-state index contributed by atoms with van der Waals surface area (Å²) in [6, 6.07) is 10.9. The molecule has 0 radical (unpaired) electrons.